The molecule has 1 aromatic rings. The van der Waals surface area contributed by atoms with Gasteiger partial charge >= 0.3 is 0 Å². The zero-order chi connectivity index (χ0) is 18.7. The number of hydrogen-bond acceptors (Lipinski definition) is 2. The molecular formula is C23H38O2. The van der Waals surface area contributed by atoms with Crippen molar-refractivity contribution in [1.82, 2.24) is 0 Å². The van der Waals surface area contributed by atoms with E-state index in [1.807, 2.05) is 6.07 Å². The van der Waals surface area contributed by atoms with Crippen molar-refractivity contribution in [2.45, 2.75) is 104 Å². The summed E-state index contributed by atoms with van der Waals surface area (Å²) in [5.41, 5.74) is 2.22. The normalized spacial score (nSPS) is 19.4. The van der Waals surface area contributed by atoms with Crippen LogP contribution in [0.5, 0.6) is 11.5 Å². The molecule has 0 amide bonds. The van der Waals surface area contributed by atoms with Crippen LogP contribution in [0.15, 0.2) is 12.1 Å². The Balaban J connectivity index is 2.13. The van der Waals surface area contributed by atoms with Gasteiger partial charge in [0.1, 0.15) is 17.1 Å². The molecule has 1 atom stereocenters. The van der Waals surface area contributed by atoms with Crippen molar-refractivity contribution in [2.75, 3.05) is 0 Å². The molecule has 2 nitrogen and oxygen atoms in total. The zero-order valence-corrected chi connectivity index (χ0v) is 17.2. The Morgan fingerprint density at radius 2 is 1.72 bits per heavy atom. The molecular weight excluding hydrogens is 308 g/mol. The number of unbranched alkanes of at least 4 members (excludes halogenated alkanes) is 5. The van der Waals surface area contributed by atoms with Gasteiger partial charge in [0, 0.05) is 5.56 Å². The predicted molar refractivity (Wildman–Crippen MR) is 107 cm³/mol. The number of phenolic OH excluding ortho intramolecular Hbond substituents is 1. The summed E-state index contributed by atoms with van der Waals surface area (Å²) in [6.45, 7) is 13.4. The SMILES string of the molecule is CCCCCCCCc1cc2c(cc1O)C(C(C)(C)C)CC(C)(C)O2. The van der Waals surface area contributed by atoms with Crippen LogP contribution in [0.4, 0.5) is 0 Å². The molecule has 0 aromatic heterocycles. The van der Waals surface area contributed by atoms with Crippen LogP contribution in [0.3, 0.4) is 0 Å². The molecule has 0 saturated carbocycles. The lowest BCUT2D eigenvalue weighted by molar-refractivity contribution is 0.0499. The van der Waals surface area contributed by atoms with Gasteiger partial charge in [-0.3, -0.25) is 0 Å². The maximum atomic E-state index is 10.6. The van der Waals surface area contributed by atoms with E-state index in [9.17, 15) is 5.11 Å². The van der Waals surface area contributed by atoms with E-state index >= 15 is 0 Å². The number of aromatic hydroxyl groups is 1. The van der Waals surface area contributed by atoms with Gasteiger partial charge in [0.05, 0.1) is 0 Å². The highest BCUT2D eigenvalue weighted by Crippen LogP contribution is 2.50. The molecule has 1 heterocycles. The fourth-order valence-electron chi connectivity index (χ4n) is 4.00. The van der Waals surface area contributed by atoms with Crippen LogP contribution in [0.25, 0.3) is 0 Å². The standard InChI is InChI=1S/C23H38O2/c1-7-8-9-10-11-12-13-17-14-21-18(15-20(17)24)19(22(2,3)4)16-23(5,6)25-21/h14-15,19,24H,7-13,16H2,1-6H3. The molecule has 1 aliphatic heterocycles. The largest absolute Gasteiger partial charge is 0.508 e. The molecule has 0 fully saturated rings. The highest BCUT2D eigenvalue weighted by atomic mass is 16.5. The van der Waals surface area contributed by atoms with Gasteiger partial charge in [-0.1, -0.05) is 59.8 Å². The van der Waals surface area contributed by atoms with Gasteiger partial charge in [0.25, 0.3) is 0 Å². The van der Waals surface area contributed by atoms with Crippen LogP contribution in [-0.4, -0.2) is 10.7 Å². The molecule has 142 valence electrons. The minimum atomic E-state index is -0.153. The Morgan fingerprint density at radius 1 is 1.08 bits per heavy atom. The third kappa shape index (κ3) is 5.39. The number of ether oxygens (including phenoxy) is 1. The molecule has 0 spiro atoms. The number of aryl methyl sites for hydroxylation is 1. The maximum Gasteiger partial charge on any atom is 0.124 e. The van der Waals surface area contributed by atoms with E-state index in [-0.39, 0.29) is 11.0 Å². The molecule has 0 saturated heterocycles. The molecule has 1 aromatic carbocycles. The van der Waals surface area contributed by atoms with Crippen LogP contribution < -0.4 is 4.74 Å². The summed E-state index contributed by atoms with van der Waals surface area (Å²) >= 11 is 0. The average Bonchev–Trinajstić information content (AvgIpc) is 2.49. The fraction of sp³-hybridized carbons (Fsp3) is 0.739. The average molecular weight is 347 g/mol. The van der Waals surface area contributed by atoms with Crippen molar-refractivity contribution in [2.24, 2.45) is 5.41 Å². The third-order valence-electron chi connectivity index (χ3n) is 5.51. The molecule has 0 bridgehead atoms. The minimum Gasteiger partial charge on any atom is -0.508 e. The number of benzene rings is 1. The first-order valence-electron chi connectivity index (χ1n) is 10.2. The van der Waals surface area contributed by atoms with Gasteiger partial charge in [-0.25, -0.2) is 0 Å². The smallest absolute Gasteiger partial charge is 0.124 e. The molecule has 0 radical (unpaired) electrons. The Morgan fingerprint density at radius 3 is 2.36 bits per heavy atom. The predicted octanol–water partition coefficient (Wildman–Crippen LogP) is 6.99. The molecule has 0 aliphatic carbocycles. The molecule has 1 aliphatic rings. The van der Waals surface area contributed by atoms with Gasteiger partial charge in [-0.05, 0) is 62.1 Å². The second-order valence-electron chi connectivity index (χ2n) is 9.52. The Kier molecular flexibility index (Phi) is 6.45. The van der Waals surface area contributed by atoms with Crippen LogP contribution in [0.2, 0.25) is 0 Å². The van der Waals surface area contributed by atoms with Crippen molar-refractivity contribution in [1.29, 1.82) is 0 Å². The van der Waals surface area contributed by atoms with Gasteiger partial charge in [0.15, 0.2) is 0 Å². The van der Waals surface area contributed by atoms with E-state index < -0.39 is 0 Å². The summed E-state index contributed by atoms with van der Waals surface area (Å²) in [7, 11) is 0. The lowest BCUT2D eigenvalue weighted by Gasteiger charge is -2.43. The summed E-state index contributed by atoms with van der Waals surface area (Å²) < 4.78 is 6.29. The topological polar surface area (TPSA) is 29.5 Å². The lowest BCUT2D eigenvalue weighted by Crippen LogP contribution is -2.38. The molecule has 25 heavy (non-hydrogen) atoms. The van der Waals surface area contributed by atoms with Crippen LogP contribution >= 0.6 is 0 Å². The second kappa shape index (κ2) is 8.01. The number of fused-ring (bicyclic) bond motifs is 1. The first-order valence-corrected chi connectivity index (χ1v) is 10.2. The highest BCUT2D eigenvalue weighted by Gasteiger charge is 2.40. The van der Waals surface area contributed by atoms with Crippen LogP contribution in [-0.2, 0) is 6.42 Å². The quantitative estimate of drug-likeness (QED) is 0.539. The van der Waals surface area contributed by atoms with Crippen LogP contribution in [0, 0.1) is 5.41 Å². The number of hydrogen-bond donors (Lipinski definition) is 1. The van der Waals surface area contributed by atoms with Crippen molar-refractivity contribution in [3.8, 4) is 11.5 Å². The number of rotatable bonds is 7. The zero-order valence-electron chi connectivity index (χ0n) is 17.2. The highest BCUT2D eigenvalue weighted by molar-refractivity contribution is 5.49. The van der Waals surface area contributed by atoms with Crippen molar-refractivity contribution in [3.63, 3.8) is 0 Å². The van der Waals surface area contributed by atoms with Crippen LogP contribution in [0.1, 0.15) is 104 Å². The van der Waals surface area contributed by atoms with E-state index in [4.69, 9.17) is 4.74 Å². The molecule has 2 rings (SSSR count). The van der Waals surface area contributed by atoms with Gasteiger partial charge in [-0.15, -0.1) is 0 Å². The first kappa shape index (κ1) is 20.1. The Labute approximate surface area is 155 Å². The Hall–Kier alpha value is -1.18. The van der Waals surface area contributed by atoms with E-state index in [2.05, 4.69) is 47.6 Å². The van der Waals surface area contributed by atoms with Gasteiger partial charge in [0.2, 0.25) is 0 Å². The van der Waals surface area contributed by atoms with Gasteiger partial charge in [-0.2, -0.15) is 0 Å². The van der Waals surface area contributed by atoms with Gasteiger partial charge < -0.3 is 9.84 Å². The minimum absolute atomic E-state index is 0.153. The van der Waals surface area contributed by atoms with Crippen molar-refractivity contribution < 1.29 is 9.84 Å². The number of phenols is 1. The maximum absolute atomic E-state index is 10.6. The van der Waals surface area contributed by atoms with E-state index in [0.29, 0.717) is 11.7 Å². The Bertz CT molecular complexity index is 566. The van der Waals surface area contributed by atoms with Crippen molar-refractivity contribution in [3.05, 3.63) is 23.3 Å². The molecule has 1 unspecified atom stereocenters. The van der Waals surface area contributed by atoms with E-state index in [1.54, 1.807) is 0 Å². The first-order chi connectivity index (χ1) is 11.6. The summed E-state index contributed by atoms with van der Waals surface area (Å²) in [6.07, 6.45) is 9.56. The van der Waals surface area contributed by atoms with Crippen molar-refractivity contribution >= 4 is 0 Å². The summed E-state index contributed by atoms with van der Waals surface area (Å²) in [5, 5.41) is 10.6. The van der Waals surface area contributed by atoms with E-state index in [0.717, 1.165) is 30.6 Å². The monoisotopic (exact) mass is 346 g/mol. The third-order valence-corrected chi connectivity index (χ3v) is 5.51. The summed E-state index contributed by atoms with van der Waals surface area (Å²) in [6, 6.07) is 4.09. The lowest BCUT2D eigenvalue weighted by atomic mass is 9.69. The summed E-state index contributed by atoms with van der Waals surface area (Å²) in [4.78, 5) is 0. The second-order valence-corrected chi connectivity index (χ2v) is 9.52. The summed E-state index contributed by atoms with van der Waals surface area (Å²) in [5.74, 6) is 1.83. The molecule has 1 N–H and O–H groups in total. The fourth-order valence-corrected chi connectivity index (χ4v) is 4.00. The molecule has 2 heteroatoms. The van der Waals surface area contributed by atoms with E-state index in [1.165, 1.54) is 37.7 Å².